The van der Waals surface area contributed by atoms with Crippen molar-refractivity contribution < 1.29 is 14.3 Å². The molecule has 1 amide bonds. The van der Waals surface area contributed by atoms with Crippen molar-refractivity contribution >= 4 is 52.5 Å². The number of amides is 1. The maximum atomic E-state index is 11.6. The SMILES string of the molecule is CCOC(=O)CSc1nnc(NC(=O)C(C)CN)s1.Cl. The summed E-state index contributed by atoms with van der Waals surface area (Å²) in [4.78, 5) is 22.7. The molecule has 0 saturated carbocycles. The van der Waals surface area contributed by atoms with Crippen molar-refractivity contribution in [1.29, 1.82) is 0 Å². The Labute approximate surface area is 131 Å². The quantitative estimate of drug-likeness (QED) is 0.435. The summed E-state index contributed by atoms with van der Waals surface area (Å²) < 4.78 is 5.39. The molecule has 1 aromatic heterocycles. The first-order valence-electron chi connectivity index (χ1n) is 5.69. The van der Waals surface area contributed by atoms with E-state index in [0.29, 0.717) is 16.1 Å². The van der Waals surface area contributed by atoms with Gasteiger partial charge in [0.1, 0.15) is 0 Å². The van der Waals surface area contributed by atoms with Crippen molar-refractivity contribution in [2.75, 3.05) is 24.2 Å². The third-order valence-corrected chi connectivity index (χ3v) is 4.00. The molecule has 0 saturated heterocycles. The molecule has 0 aliphatic rings. The Hall–Kier alpha value is -0.900. The number of rotatable bonds is 7. The maximum Gasteiger partial charge on any atom is 0.316 e. The number of hydrogen-bond acceptors (Lipinski definition) is 8. The molecule has 7 nitrogen and oxygen atoms in total. The van der Waals surface area contributed by atoms with Crippen molar-refractivity contribution in [3.8, 4) is 0 Å². The lowest BCUT2D eigenvalue weighted by atomic mass is 10.2. The molecule has 1 heterocycles. The van der Waals surface area contributed by atoms with Crippen LogP contribution in [-0.2, 0) is 14.3 Å². The summed E-state index contributed by atoms with van der Waals surface area (Å²) >= 11 is 2.43. The summed E-state index contributed by atoms with van der Waals surface area (Å²) in [7, 11) is 0. The molecule has 0 spiro atoms. The number of carbonyl (C=O) groups is 2. The Morgan fingerprint density at radius 2 is 2.20 bits per heavy atom. The molecule has 0 bridgehead atoms. The Kier molecular flexibility index (Phi) is 9.47. The van der Waals surface area contributed by atoms with E-state index < -0.39 is 0 Å². The molecule has 0 fully saturated rings. The van der Waals surface area contributed by atoms with Crippen LogP contribution < -0.4 is 11.1 Å². The maximum absolute atomic E-state index is 11.6. The van der Waals surface area contributed by atoms with Crippen LogP contribution in [0.15, 0.2) is 4.34 Å². The average molecular weight is 341 g/mol. The van der Waals surface area contributed by atoms with Gasteiger partial charge in [-0.1, -0.05) is 30.0 Å². The highest BCUT2D eigenvalue weighted by atomic mass is 35.5. The zero-order valence-electron chi connectivity index (χ0n) is 11.1. The Morgan fingerprint density at radius 3 is 2.80 bits per heavy atom. The normalized spacial score (nSPS) is 11.3. The number of nitrogens with zero attached hydrogens (tertiary/aromatic N) is 2. The molecule has 0 aliphatic heterocycles. The van der Waals surface area contributed by atoms with E-state index in [9.17, 15) is 9.59 Å². The molecule has 3 N–H and O–H groups in total. The minimum Gasteiger partial charge on any atom is -0.465 e. The molecule has 20 heavy (non-hydrogen) atoms. The summed E-state index contributed by atoms with van der Waals surface area (Å²) in [6, 6.07) is 0. The Morgan fingerprint density at radius 1 is 1.50 bits per heavy atom. The lowest BCUT2D eigenvalue weighted by Crippen LogP contribution is -2.26. The van der Waals surface area contributed by atoms with E-state index in [0.717, 1.165) is 0 Å². The average Bonchev–Trinajstić information content (AvgIpc) is 2.83. The van der Waals surface area contributed by atoms with Gasteiger partial charge in [-0.25, -0.2) is 0 Å². The molecule has 1 atom stereocenters. The summed E-state index contributed by atoms with van der Waals surface area (Å²) in [6.07, 6.45) is 0. The van der Waals surface area contributed by atoms with Crippen molar-refractivity contribution in [3.63, 3.8) is 0 Å². The van der Waals surface area contributed by atoms with Crippen LogP contribution >= 0.6 is 35.5 Å². The topological polar surface area (TPSA) is 107 Å². The summed E-state index contributed by atoms with van der Waals surface area (Å²) in [6.45, 7) is 4.11. The second-order valence-corrected chi connectivity index (χ2v) is 5.79. The van der Waals surface area contributed by atoms with Crippen LogP contribution in [0, 0.1) is 5.92 Å². The van der Waals surface area contributed by atoms with Gasteiger partial charge in [0.05, 0.1) is 12.4 Å². The first-order chi connectivity index (χ1) is 9.06. The van der Waals surface area contributed by atoms with Crippen molar-refractivity contribution in [2.24, 2.45) is 11.7 Å². The fourth-order valence-electron chi connectivity index (χ4n) is 0.978. The highest BCUT2D eigenvalue weighted by Gasteiger charge is 2.14. The van der Waals surface area contributed by atoms with Crippen LogP contribution in [-0.4, -0.2) is 41.0 Å². The van der Waals surface area contributed by atoms with Crippen molar-refractivity contribution in [1.82, 2.24) is 10.2 Å². The molecule has 0 aromatic carbocycles. The molecular formula is C10H17ClN4O3S2. The number of ether oxygens (including phenoxy) is 1. The lowest BCUT2D eigenvalue weighted by Gasteiger charge is -2.05. The monoisotopic (exact) mass is 340 g/mol. The summed E-state index contributed by atoms with van der Waals surface area (Å²) in [5, 5.41) is 10.7. The number of nitrogens with one attached hydrogen (secondary N) is 1. The third kappa shape index (κ3) is 6.51. The summed E-state index contributed by atoms with van der Waals surface area (Å²) in [5.74, 6) is -0.597. The highest BCUT2D eigenvalue weighted by Crippen LogP contribution is 2.25. The van der Waals surface area contributed by atoms with E-state index in [1.807, 2.05) is 0 Å². The molecule has 114 valence electrons. The molecule has 1 rings (SSSR count). The van der Waals surface area contributed by atoms with Crippen molar-refractivity contribution in [3.05, 3.63) is 0 Å². The number of aromatic nitrogens is 2. The molecular weight excluding hydrogens is 324 g/mol. The van der Waals surface area contributed by atoms with Crippen LogP contribution in [0.5, 0.6) is 0 Å². The molecule has 1 unspecified atom stereocenters. The van der Waals surface area contributed by atoms with Gasteiger partial charge in [0.25, 0.3) is 0 Å². The molecule has 0 aliphatic carbocycles. The van der Waals surface area contributed by atoms with Crippen LogP contribution in [0.1, 0.15) is 13.8 Å². The number of carbonyl (C=O) groups excluding carboxylic acids is 2. The third-order valence-electron chi connectivity index (χ3n) is 2.06. The minimum atomic E-state index is -0.301. The standard InChI is InChI=1S/C10H16N4O3S2.ClH/c1-3-17-7(15)5-18-10-14-13-9(19-10)12-8(16)6(2)4-11;/h6H,3-5,11H2,1-2H3,(H,12,13,16);1H. The van der Waals surface area contributed by atoms with Gasteiger partial charge in [0.2, 0.25) is 11.0 Å². The van der Waals surface area contributed by atoms with Gasteiger partial charge in [0.15, 0.2) is 4.34 Å². The molecule has 1 aromatic rings. The zero-order valence-corrected chi connectivity index (χ0v) is 13.6. The predicted molar refractivity (Wildman–Crippen MR) is 81.4 cm³/mol. The van der Waals surface area contributed by atoms with Gasteiger partial charge in [-0.3, -0.25) is 9.59 Å². The van der Waals surface area contributed by atoms with E-state index in [2.05, 4.69) is 15.5 Å². The van der Waals surface area contributed by atoms with Gasteiger partial charge in [-0.2, -0.15) is 0 Å². The van der Waals surface area contributed by atoms with Crippen molar-refractivity contribution in [2.45, 2.75) is 18.2 Å². The van der Waals surface area contributed by atoms with Crippen LogP contribution in [0.25, 0.3) is 0 Å². The zero-order chi connectivity index (χ0) is 14.3. The highest BCUT2D eigenvalue weighted by molar-refractivity contribution is 8.01. The first-order valence-corrected chi connectivity index (χ1v) is 7.49. The lowest BCUT2D eigenvalue weighted by molar-refractivity contribution is -0.139. The smallest absolute Gasteiger partial charge is 0.316 e. The number of hydrogen-bond donors (Lipinski definition) is 2. The van der Waals surface area contributed by atoms with E-state index in [1.165, 1.54) is 23.1 Å². The van der Waals surface area contributed by atoms with Gasteiger partial charge in [0, 0.05) is 12.5 Å². The van der Waals surface area contributed by atoms with Crippen LogP contribution in [0.4, 0.5) is 5.13 Å². The Bertz CT molecular complexity index is 444. The van der Waals surface area contributed by atoms with E-state index in [1.54, 1.807) is 13.8 Å². The number of thioether (sulfide) groups is 1. The number of halogens is 1. The fraction of sp³-hybridized carbons (Fsp3) is 0.600. The minimum absolute atomic E-state index is 0. The van der Waals surface area contributed by atoms with E-state index >= 15 is 0 Å². The number of esters is 1. The largest absolute Gasteiger partial charge is 0.465 e. The second-order valence-electron chi connectivity index (χ2n) is 3.59. The van der Waals surface area contributed by atoms with Gasteiger partial charge >= 0.3 is 5.97 Å². The van der Waals surface area contributed by atoms with Crippen LogP contribution in [0.2, 0.25) is 0 Å². The van der Waals surface area contributed by atoms with Gasteiger partial charge in [-0.05, 0) is 6.92 Å². The second kappa shape index (κ2) is 9.92. The van der Waals surface area contributed by atoms with Gasteiger partial charge in [-0.15, -0.1) is 22.6 Å². The number of nitrogens with two attached hydrogens (primary N) is 1. The van der Waals surface area contributed by atoms with E-state index in [4.69, 9.17) is 10.5 Å². The fourth-order valence-corrected chi connectivity index (χ4v) is 2.53. The van der Waals surface area contributed by atoms with E-state index in [-0.39, 0.29) is 42.5 Å². The van der Waals surface area contributed by atoms with Gasteiger partial charge < -0.3 is 15.8 Å². The number of anilines is 1. The van der Waals surface area contributed by atoms with Crippen LogP contribution in [0.3, 0.4) is 0 Å². The summed E-state index contributed by atoms with van der Waals surface area (Å²) in [5.41, 5.74) is 5.39. The Balaban J connectivity index is 0.00000361. The molecule has 10 heteroatoms. The first kappa shape index (κ1) is 19.1. The molecule has 0 radical (unpaired) electrons. The predicted octanol–water partition coefficient (Wildman–Crippen LogP) is 1.15.